The van der Waals surface area contributed by atoms with E-state index in [2.05, 4.69) is 27.4 Å². The van der Waals surface area contributed by atoms with Gasteiger partial charge in [-0.3, -0.25) is 0 Å². The zero-order valence-corrected chi connectivity index (χ0v) is 13.7. The van der Waals surface area contributed by atoms with Crippen molar-refractivity contribution >= 4 is 11.6 Å². The normalized spacial score (nSPS) is 13.8. The highest BCUT2D eigenvalue weighted by molar-refractivity contribution is 5.92. The molecule has 25 heavy (non-hydrogen) atoms. The quantitative estimate of drug-likeness (QED) is 0.623. The van der Waals surface area contributed by atoms with Crippen LogP contribution < -0.4 is 15.8 Å². The van der Waals surface area contributed by atoms with Gasteiger partial charge < -0.3 is 15.8 Å². The van der Waals surface area contributed by atoms with Gasteiger partial charge >= 0.3 is 0 Å². The maximum absolute atomic E-state index is 12.2. The Morgan fingerprint density at radius 3 is 2.92 bits per heavy atom. The number of aliphatic imine (C=N–C) groups is 1. The van der Waals surface area contributed by atoms with Crippen LogP contribution in [-0.2, 0) is 19.4 Å². The topological polar surface area (TPSA) is 72.5 Å². The number of nitrogens with two attached hydrogens (primary N) is 1. The summed E-state index contributed by atoms with van der Waals surface area (Å²) in [5.74, 6) is 0.447. The molecule has 3 N–H and O–H groups in total. The van der Waals surface area contributed by atoms with E-state index in [0.29, 0.717) is 12.5 Å². The van der Waals surface area contributed by atoms with Gasteiger partial charge in [0.05, 0.1) is 6.54 Å². The smallest absolute Gasteiger partial charge is 0.272 e. The zero-order chi connectivity index (χ0) is 17.6. The maximum atomic E-state index is 12.2. The van der Waals surface area contributed by atoms with Crippen molar-refractivity contribution in [2.45, 2.75) is 32.2 Å². The van der Waals surface area contributed by atoms with Crippen LogP contribution in [0.15, 0.2) is 41.5 Å². The molecule has 0 radical (unpaired) electrons. The highest BCUT2D eigenvalue weighted by Crippen LogP contribution is 2.24. The van der Waals surface area contributed by atoms with Gasteiger partial charge in [0.1, 0.15) is 0 Å². The molecule has 0 aliphatic heterocycles. The van der Waals surface area contributed by atoms with Gasteiger partial charge in [0, 0.05) is 18.0 Å². The minimum Gasteiger partial charge on any atom is -0.472 e. The second-order valence-electron chi connectivity index (χ2n) is 5.87. The van der Waals surface area contributed by atoms with E-state index in [-0.39, 0.29) is 5.88 Å². The van der Waals surface area contributed by atoms with E-state index in [1.54, 1.807) is 12.1 Å². The molecule has 0 saturated heterocycles. The number of fused-ring (bicyclic) bond motifs is 1. The van der Waals surface area contributed by atoms with Gasteiger partial charge in [-0.25, -0.2) is 18.8 Å². The summed E-state index contributed by atoms with van der Waals surface area (Å²) in [6, 6.07) is 9.53. The number of hydrogen-bond donors (Lipinski definition) is 2. The molecule has 5 nitrogen and oxygen atoms in total. The number of alkyl halides is 2. The van der Waals surface area contributed by atoms with E-state index in [1.165, 1.54) is 23.7 Å². The van der Waals surface area contributed by atoms with Crippen molar-refractivity contribution in [1.82, 2.24) is 4.98 Å². The van der Waals surface area contributed by atoms with Crippen molar-refractivity contribution in [2.75, 3.05) is 11.9 Å². The summed E-state index contributed by atoms with van der Waals surface area (Å²) in [6.07, 6.45) is 2.39. The van der Waals surface area contributed by atoms with Gasteiger partial charge in [-0.05, 0) is 54.2 Å². The summed E-state index contributed by atoms with van der Waals surface area (Å²) in [5.41, 5.74) is 10.4. The number of hydrogen-bond acceptors (Lipinski definition) is 3. The van der Waals surface area contributed by atoms with Crippen LogP contribution in [0.3, 0.4) is 0 Å². The summed E-state index contributed by atoms with van der Waals surface area (Å²) in [4.78, 5) is 8.16. The number of pyridine rings is 1. The van der Waals surface area contributed by atoms with Crippen molar-refractivity contribution in [2.24, 2.45) is 10.7 Å². The van der Waals surface area contributed by atoms with Gasteiger partial charge in [0.2, 0.25) is 5.88 Å². The Labute approximate surface area is 144 Å². The number of ether oxygens (including phenoxy) is 1. The first-order chi connectivity index (χ1) is 12.1. The largest absolute Gasteiger partial charge is 0.472 e. The molecule has 0 atom stereocenters. The number of rotatable bonds is 6. The van der Waals surface area contributed by atoms with Gasteiger partial charge in [-0.15, -0.1) is 0 Å². The summed E-state index contributed by atoms with van der Waals surface area (Å²) < 4.78 is 29.2. The number of nitrogens with one attached hydrogen (secondary N) is 1. The summed E-state index contributed by atoms with van der Waals surface area (Å²) in [6.45, 7) is -0.376. The molecule has 132 valence electrons. The predicted octanol–water partition coefficient (Wildman–Crippen LogP) is 3.14. The number of anilines is 1. The highest BCUT2D eigenvalue weighted by Gasteiger charge is 2.11. The van der Waals surface area contributed by atoms with Crippen molar-refractivity contribution in [3.8, 4) is 5.88 Å². The van der Waals surface area contributed by atoms with Gasteiger partial charge in [-0.2, -0.15) is 0 Å². The Hall–Kier alpha value is -2.70. The molecular weight excluding hydrogens is 326 g/mol. The molecule has 0 fully saturated rings. The number of benzene rings is 1. The standard InChI is InChI=1S/C18H20F2N4O/c19-16(20)11-25-17-8-12(6-7-22-17)10-23-18(21)24-15-5-4-13-2-1-3-14(13)9-15/h4-9,16H,1-3,10-11H2,(H3,21,23,24). The lowest BCUT2D eigenvalue weighted by Crippen LogP contribution is -2.22. The molecule has 1 aromatic heterocycles. The highest BCUT2D eigenvalue weighted by atomic mass is 19.3. The molecular formula is C18H20F2N4O. The van der Waals surface area contributed by atoms with E-state index < -0.39 is 13.0 Å². The molecule has 0 bridgehead atoms. The second kappa shape index (κ2) is 7.92. The van der Waals surface area contributed by atoms with Crippen LogP contribution in [0.5, 0.6) is 5.88 Å². The molecule has 1 aliphatic carbocycles. The lowest BCUT2D eigenvalue weighted by atomic mass is 10.1. The Balaban J connectivity index is 1.58. The van der Waals surface area contributed by atoms with E-state index in [4.69, 9.17) is 10.5 Å². The fraction of sp³-hybridized carbons (Fsp3) is 0.333. The van der Waals surface area contributed by atoms with Crippen LogP contribution in [0.1, 0.15) is 23.1 Å². The van der Waals surface area contributed by atoms with Crippen LogP contribution in [0.2, 0.25) is 0 Å². The third-order valence-corrected chi connectivity index (χ3v) is 3.96. The first-order valence-corrected chi connectivity index (χ1v) is 8.15. The van der Waals surface area contributed by atoms with Crippen molar-refractivity contribution < 1.29 is 13.5 Å². The van der Waals surface area contributed by atoms with Crippen LogP contribution >= 0.6 is 0 Å². The molecule has 0 saturated carbocycles. The van der Waals surface area contributed by atoms with Crippen molar-refractivity contribution in [1.29, 1.82) is 0 Å². The Morgan fingerprint density at radius 2 is 2.08 bits per heavy atom. The monoisotopic (exact) mass is 346 g/mol. The molecule has 0 amide bonds. The number of halogens is 2. The second-order valence-corrected chi connectivity index (χ2v) is 5.87. The van der Waals surface area contributed by atoms with E-state index in [0.717, 1.165) is 24.1 Å². The minimum atomic E-state index is -2.53. The molecule has 2 aromatic rings. The third-order valence-electron chi connectivity index (χ3n) is 3.96. The average Bonchev–Trinajstić information content (AvgIpc) is 3.06. The van der Waals surface area contributed by atoms with Crippen molar-refractivity contribution in [3.05, 3.63) is 53.2 Å². The van der Waals surface area contributed by atoms with Crippen LogP contribution in [0, 0.1) is 0 Å². The van der Waals surface area contributed by atoms with E-state index in [1.807, 2.05) is 6.07 Å². The summed E-state index contributed by atoms with van der Waals surface area (Å²) >= 11 is 0. The first-order valence-electron chi connectivity index (χ1n) is 8.15. The summed E-state index contributed by atoms with van der Waals surface area (Å²) in [7, 11) is 0. The molecule has 0 unspecified atom stereocenters. The van der Waals surface area contributed by atoms with Gasteiger partial charge in [0.25, 0.3) is 6.43 Å². The first kappa shape index (κ1) is 17.1. The Kier molecular flexibility index (Phi) is 5.42. The molecule has 7 heteroatoms. The Bertz CT molecular complexity index is 764. The number of aryl methyl sites for hydroxylation is 2. The molecule has 0 spiro atoms. The lowest BCUT2D eigenvalue weighted by molar-refractivity contribution is 0.0795. The minimum absolute atomic E-state index is 0.151. The van der Waals surface area contributed by atoms with Crippen LogP contribution in [-0.4, -0.2) is 24.0 Å². The maximum Gasteiger partial charge on any atom is 0.272 e. The number of guanidine groups is 1. The van der Waals surface area contributed by atoms with E-state index in [9.17, 15) is 8.78 Å². The molecule has 1 aliphatic rings. The van der Waals surface area contributed by atoms with Crippen LogP contribution in [0.25, 0.3) is 0 Å². The fourth-order valence-electron chi connectivity index (χ4n) is 2.79. The lowest BCUT2D eigenvalue weighted by Gasteiger charge is -2.08. The number of nitrogens with zero attached hydrogens (tertiary/aromatic N) is 2. The average molecular weight is 346 g/mol. The van der Waals surface area contributed by atoms with Crippen molar-refractivity contribution in [3.63, 3.8) is 0 Å². The molecule has 1 aromatic carbocycles. The SMILES string of the molecule is NC(=NCc1ccnc(OCC(F)F)c1)Nc1ccc2c(c1)CCC2. The van der Waals surface area contributed by atoms with Crippen LogP contribution in [0.4, 0.5) is 14.5 Å². The third kappa shape index (κ3) is 4.89. The van der Waals surface area contributed by atoms with Gasteiger partial charge in [0.15, 0.2) is 12.6 Å². The Morgan fingerprint density at radius 1 is 1.24 bits per heavy atom. The fourth-order valence-corrected chi connectivity index (χ4v) is 2.79. The number of aromatic nitrogens is 1. The van der Waals surface area contributed by atoms with Gasteiger partial charge in [-0.1, -0.05) is 6.07 Å². The predicted molar refractivity (Wildman–Crippen MR) is 93.2 cm³/mol. The van der Waals surface area contributed by atoms with E-state index >= 15 is 0 Å². The molecule has 3 rings (SSSR count). The summed E-state index contributed by atoms with van der Waals surface area (Å²) in [5, 5.41) is 3.08. The zero-order valence-electron chi connectivity index (χ0n) is 13.7. The molecule has 1 heterocycles.